The quantitative estimate of drug-likeness (QED) is 0.119. The van der Waals surface area contributed by atoms with Crippen molar-refractivity contribution in [3.8, 4) is 0 Å². The van der Waals surface area contributed by atoms with Crippen molar-refractivity contribution in [3.05, 3.63) is 0 Å². The Morgan fingerprint density at radius 1 is 0.895 bits per heavy atom. The Morgan fingerprint density at radius 2 is 1.50 bits per heavy atom. The number of hydrogen-bond donors (Lipinski definition) is 12. The molecule has 0 aromatic heterocycles. The molecule has 0 radical (unpaired) electrons. The highest BCUT2D eigenvalue weighted by atomic mass is 16.7. The van der Waals surface area contributed by atoms with E-state index < -0.39 is 104 Å². The first-order valence-electron chi connectivity index (χ1n) is 12.5. The lowest BCUT2D eigenvalue weighted by Crippen LogP contribution is -2.69. The van der Waals surface area contributed by atoms with E-state index in [9.17, 15) is 40.5 Å². The van der Waals surface area contributed by atoms with Gasteiger partial charge >= 0.3 is 0 Å². The summed E-state index contributed by atoms with van der Waals surface area (Å²) in [7, 11) is 0. The van der Waals surface area contributed by atoms with Gasteiger partial charge in [0.1, 0.15) is 61.0 Å². The van der Waals surface area contributed by atoms with Crippen LogP contribution in [0.5, 0.6) is 0 Å². The molecular weight excluding hydrogens is 514 g/mol. The van der Waals surface area contributed by atoms with Gasteiger partial charge in [0.25, 0.3) is 0 Å². The lowest BCUT2D eigenvalue weighted by molar-refractivity contribution is -0.310. The molecule has 17 nitrogen and oxygen atoms in total. The van der Waals surface area contributed by atoms with E-state index in [4.69, 9.17) is 41.9 Å². The van der Waals surface area contributed by atoms with Crippen molar-refractivity contribution in [2.75, 3.05) is 19.7 Å². The fourth-order valence-corrected chi connectivity index (χ4v) is 4.84. The third kappa shape index (κ3) is 6.60. The smallest absolute Gasteiger partial charge is 0.249 e. The van der Waals surface area contributed by atoms with Crippen molar-refractivity contribution in [1.29, 1.82) is 0 Å². The molecule has 38 heavy (non-hydrogen) atoms. The van der Waals surface area contributed by atoms with E-state index in [1.54, 1.807) is 0 Å². The highest BCUT2D eigenvalue weighted by molar-refractivity contribution is 5.80. The van der Waals surface area contributed by atoms with Crippen LogP contribution in [0.3, 0.4) is 0 Å². The summed E-state index contributed by atoms with van der Waals surface area (Å²) >= 11 is 0. The molecular formula is C21H41N5O12. The second kappa shape index (κ2) is 13.5. The lowest BCUT2D eigenvalue weighted by atomic mass is 9.83. The van der Waals surface area contributed by atoms with Crippen molar-refractivity contribution in [1.82, 2.24) is 5.32 Å². The minimum atomic E-state index is -1.56. The molecule has 15 atom stereocenters. The van der Waals surface area contributed by atoms with Crippen LogP contribution in [0.25, 0.3) is 0 Å². The summed E-state index contributed by atoms with van der Waals surface area (Å²) in [5.74, 6) is -0.805. The normalized spacial score (nSPS) is 46.6. The molecule has 2 aliphatic heterocycles. The maximum absolute atomic E-state index is 12.4. The van der Waals surface area contributed by atoms with Gasteiger partial charge in [0.05, 0.1) is 18.7 Å². The Kier molecular flexibility index (Phi) is 11.1. The minimum Gasteiger partial charge on any atom is -0.394 e. The number of nitrogens with two attached hydrogens (primary N) is 4. The topological polar surface area (TPSA) is 312 Å². The van der Waals surface area contributed by atoms with Gasteiger partial charge in [-0.15, -0.1) is 0 Å². The molecule has 3 fully saturated rings. The molecule has 9 unspecified atom stereocenters. The summed E-state index contributed by atoms with van der Waals surface area (Å²) in [6, 6.07) is -3.33. The molecule has 1 amide bonds. The zero-order valence-corrected chi connectivity index (χ0v) is 20.7. The van der Waals surface area contributed by atoms with Crippen LogP contribution in [0.15, 0.2) is 0 Å². The molecule has 1 saturated carbocycles. The van der Waals surface area contributed by atoms with Crippen LogP contribution in [0.1, 0.15) is 12.8 Å². The van der Waals surface area contributed by atoms with Crippen LogP contribution in [-0.2, 0) is 23.7 Å². The summed E-state index contributed by atoms with van der Waals surface area (Å²) < 4.78 is 22.7. The number of hydrogen-bond acceptors (Lipinski definition) is 16. The van der Waals surface area contributed by atoms with Crippen molar-refractivity contribution >= 4 is 5.91 Å². The van der Waals surface area contributed by atoms with Gasteiger partial charge in [-0.25, -0.2) is 0 Å². The third-order valence-corrected chi connectivity index (χ3v) is 7.15. The molecule has 16 N–H and O–H groups in total. The fraction of sp³-hybridized carbons (Fsp3) is 0.952. The first kappa shape index (κ1) is 31.4. The van der Waals surface area contributed by atoms with E-state index >= 15 is 0 Å². The molecule has 2 saturated heterocycles. The molecule has 222 valence electrons. The van der Waals surface area contributed by atoms with Crippen LogP contribution in [0, 0.1) is 0 Å². The summed E-state index contributed by atoms with van der Waals surface area (Å²) in [5.41, 5.74) is 23.2. The molecule has 0 spiro atoms. The molecule has 3 rings (SSSR count). The van der Waals surface area contributed by atoms with Gasteiger partial charge in [0.2, 0.25) is 5.91 Å². The molecule has 0 aromatic rings. The molecule has 17 heteroatoms. The van der Waals surface area contributed by atoms with E-state index in [1.807, 2.05) is 0 Å². The van der Waals surface area contributed by atoms with Gasteiger partial charge in [0, 0.05) is 12.6 Å². The maximum Gasteiger partial charge on any atom is 0.249 e. The van der Waals surface area contributed by atoms with Crippen molar-refractivity contribution < 1.29 is 59.5 Å². The molecule has 1 aliphatic carbocycles. The predicted molar refractivity (Wildman–Crippen MR) is 125 cm³/mol. The number of aliphatic hydroxyl groups excluding tert-OH is 7. The second-order valence-corrected chi connectivity index (χ2v) is 9.84. The number of amides is 1. The van der Waals surface area contributed by atoms with Gasteiger partial charge in [-0.05, 0) is 19.4 Å². The summed E-state index contributed by atoms with van der Waals surface area (Å²) in [6.07, 6.45) is -16.9. The highest BCUT2D eigenvalue weighted by Gasteiger charge is 2.52. The van der Waals surface area contributed by atoms with Gasteiger partial charge in [0.15, 0.2) is 12.6 Å². The van der Waals surface area contributed by atoms with Crippen LogP contribution < -0.4 is 28.3 Å². The van der Waals surface area contributed by atoms with E-state index in [-0.39, 0.29) is 25.9 Å². The van der Waals surface area contributed by atoms with E-state index in [0.717, 1.165) is 0 Å². The van der Waals surface area contributed by atoms with Crippen LogP contribution in [-0.4, -0.2) is 153 Å². The van der Waals surface area contributed by atoms with Crippen molar-refractivity contribution in [2.24, 2.45) is 22.9 Å². The summed E-state index contributed by atoms with van der Waals surface area (Å²) in [4.78, 5) is 12.4. The Balaban J connectivity index is 1.84. The predicted octanol–water partition coefficient (Wildman–Crippen LogP) is -7.79. The standard InChI is InChI=1S/C21H41N5O12/c22-2-1-8(28)19(34)26-7-3-6(24)17(37-20-11(25)15(32)14(31)10(5-27)36-20)18(12(7)29)38-21-16(33)13(30)9(4-23)35-21/h6-18,20-21,27-33H,1-5,22-25H2,(H,26,34)/t6?,7-,8?,9-,10?,11?,12?,13?,14-,15?,16?,17-,18?,20-,21+/m1/s1. The highest BCUT2D eigenvalue weighted by Crippen LogP contribution is 2.32. The average molecular weight is 556 g/mol. The SMILES string of the molecule is NCCC(O)C(=O)N[C@@H]1CC(N)[C@@H](O[C@H]2OC(CO)[C@@H](O)C(O)C2N)C(O[C@@H]2O[C@H](CN)C(O)C2O)C1O. The molecule has 0 aromatic carbocycles. The number of nitrogens with one attached hydrogen (secondary N) is 1. The van der Waals surface area contributed by atoms with Crippen LogP contribution in [0.2, 0.25) is 0 Å². The number of carbonyl (C=O) groups excluding carboxylic acids is 1. The number of carbonyl (C=O) groups is 1. The van der Waals surface area contributed by atoms with Crippen LogP contribution >= 0.6 is 0 Å². The van der Waals surface area contributed by atoms with Gasteiger partial charge in [-0.3, -0.25) is 4.79 Å². The zero-order chi connectivity index (χ0) is 28.3. The largest absolute Gasteiger partial charge is 0.394 e. The molecule has 3 aliphatic rings. The van der Waals surface area contributed by atoms with Crippen molar-refractivity contribution in [2.45, 2.75) is 105 Å². The van der Waals surface area contributed by atoms with Gasteiger partial charge in [-0.1, -0.05) is 0 Å². The van der Waals surface area contributed by atoms with E-state index in [1.165, 1.54) is 0 Å². The summed E-state index contributed by atoms with van der Waals surface area (Å²) in [5, 5.41) is 74.1. The first-order valence-corrected chi connectivity index (χ1v) is 12.5. The fourth-order valence-electron chi connectivity index (χ4n) is 4.84. The molecule has 2 heterocycles. The van der Waals surface area contributed by atoms with E-state index in [0.29, 0.717) is 0 Å². The van der Waals surface area contributed by atoms with Crippen LogP contribution in [0.4, 0.5) is 0 Å². The number of aliphatic hydroxyl groups is 7. The minimum absolute atomic E-state index is 0.0239. The first-order chi connectivity index (χ1) is 17.9. The zero-order valence-electron chi connectivity index (χ0n) is 20.7. The van der Waals surface area contributed by atoms with Gasteiger partial charge < -0.3 is 82.9 Å². The number of ether oxygens (including phenoxy) is 4. The van der Waals surface area contributed by atoms with Gasteiger partial charge in [-0.2, -0.15) is 0 Å². The Labute approximate surface area is 218 Å². The Hall–Kier alpha value is -1.13. The Morgan fingerprint density at radius 3 is 2.08 bits per heavy atom. The third-order valence-electron chi connectivity index (χ3n) is 7.15. The number of rotatable bonds is 10. The lowest BCUT2D eigenvalue weighted by Gasteiger charge is -2.47. The van der Waals surface area contributed by atoms with Crippen molar-refractivity contribution in [3.63, 3.8) is 0 Å². The summed E-state index contributed by atoms with van der Waals surface area (Å²) in [6.45, 7) is -0.763. The maximum atomic E-state index is 12.4. The molecule has 0 bridgehead atoms. The Bertz CT molecular complexity index is 770. The van der Waals surface area contributed by atoms with E-state index in [2.05, 4.69) is 5.32 Å². The average Bonchev–Trinajstić information content (AvgIpc) is 3.16. The monoisotopic (exact) mass is 555 g/mol. The second-order valence-electron chi connectivity index (χ2n) is 9.84.